The minimum Gasteiger partial charge on any atom is -0.207 e. The van der Waals surface area contributed by atoms with E-state index in [2.05, 4.69) is 0 Å². The van der Waals surface area contributed by atoms with Gasteiger partial charge in [0.05, 0.1) is 5.38 Å². The third-order valence-electron chi connectivity index (χ3n) is 4.43. The van der Waals surface area contributed by atoms with E-state index < -0.39 is 11.6 Å². The van der Waals surface area contributed by atoms with Crippen LogP contribution in [0.25, 0.3) is 0 Å². The molecule has 3 heteroatoms. The summed E-state index contributed by atoms with van der Waals surface area (Å²) in [6.07, 6.45) is 4.88. The highest BCUT2D eigenvalue weighted by Gasteiger charge is 2.43. The molecule has 0 aliphatic heterocycles. The Kier molecular flexibility index (Phi) is 2.86. The van der Waals surface area contributed by atoms with Gasteiger partial charge in [-0.25, -0.2) is 8.78 Å². The fourth-order valence-electron chi connectivity index (χ4n) is 3.61. The molecule has 4 unspecified atom stereocenters. The van der Waals surface area contributed by atoms with Crippen molar-refractivity contribution in [2.75, 3.05) is 0 Å². The first-order valence-corrected chi connectivity index (χ1v) is 6.68. The van der Waals surface area contributed by atoms with Gasteiger partial charge in [0.1, 0.15) is 11.6 Å². The number of rotatable bonds is 2. The van der Waals surface area contributed by atoms with E-state index in [1.807, 2.05) is 0 Å². The van der Waals surface area contributed by atoms with Crippen molar-refractivity contribution in [2.24, 2.45) is 17.8 Å². The molecule has 17 heavy (non-hydrogen) atoms. The molecule has 0 spiro atoms. The lowest BCUT2D eigenvalue weighted by molar-refractivity contribution is 0.320. The van der Waals surface area contributed by atoms with Crippen molar-refractivity contribution in [3.63, 3.8) is 0 Å². The Labute approximate surface area is 105 Å². The van der Waals surface area contributed by atoms with Gasteiger partial charge in [-0.1, -0.05) is 12.5 Å². The molecule has 4 atom stereocenters. The average molecular weight is 257 g/mol. The van der Waals surface area contributed by atoms with Crippen LogP contribution in [0.3, 0.4) is 0 Å². The zero-order valence-electron chi connectivity index (χ0n) is 9.50. The molecule has 0 N–H and O–H groups in total. The van der Waals surface area contributed by atoms with Gasteiger partial charge in [0.2, 0.25) is 0 Å². The van der Waals surface area contributed by atoms with Gasteiger partial charge in [-0.05, 0) is 43.1 Å². The largest absolute Gasteiger partial charge is 0.207 e. The maximum Gasteiger partial charge on any atom is 0.130 e. The second-order valence-electron chi connectivity index (χ2n) is 5.41. The molecular formula is C14H15ClF2. The van der Waals surface area contributed by atoms with Crippen molar-refractivity contribution in [3.05, 3.63) is 35.4 Å². The van der Waals surface area contributed by atoms with Crippen LogP contribution in [0.15, 0.2) is 18.2 Å². The molecule has 2 fully saturated rings. The number of hydrogen-bond acceptors (Lipinski definition) is 0. The smallest absolute Gasteiger partial charge is 0.130 e. The molecule has 0 amide bonds. The van der Waals surface area contributed by atoms with Crippen LogP contribution in [-0.4, -0.2) is 0 Å². The van der Waals surface area contributed by atoms with Gasteiger partial charge in [0.15, 0.2) is 0 Å². The second-order valence-corrected chi connectivity index (χ2v) is 5.88. The van der Waals surface area contributed by atoms with Crippen molar-refractivity contribution < 1.29 is 8.78 Å². The van der Waals surface area contributed by atoms with Crippen LogP contribution in [0, 0.1) is 29.4 Å². The zero-order valence-corrected chi connectivity index (χ0v) is 10.3. The summed E-state index contributed by atoms with van der Waals surface area (Å²) >= 11 is 6.40. The molecule has 0 radical (unpaired) electrons. The van der Waals surface area contributed by atoms with E-state index in [0.29, 0.717) is 17.4 Å². The molecule has 92 valence electrons. The highest BCUT2D eigenvalue weighted by molar-refractivity contribution is 6.21. The summed E-state index contributed by atoms with van der Waals surface area (Å²) < 4.78 is 26.5. The summed E-state index contributed by atoms with van der Waals surface area (Å²) in [5.74, 6) is 0.757. The summed E-state index contributed by atoms with van der Waals surface area (Å²) in [6.45, 7) is 0. The number of fused-ring (bicyclic) bond motifs is 2. The van der Waals surface area contributed by atoms with E-state index in [1.165, 1.54) is 31.4 Å². The molecule has 1 aromatic carbocycles. The minimum atomic E-state index is -0.539. The molecule has 3 rings (SSSR count). The molecule has 2 saturated carbocycles. The number of benzene rings is 1. The van der Waals surface area contributed by atoms with E-state index >= 15 is 0 Å². The Balaban J connectivity index is 1.84. The van der Waals surface area contributed by atoms with Gasteiger partial charge in [0, 0.05) is 11.6 Å². The average Bonchev–Trinajstić information content (AvgIpc) is 2.89. The van der Waals surface area contributed by atoms with Crippen LogP contribution in [0.2, 0.25) is 0 Å². The summed E-state index contributed by atoms with van der Waals surface area (Å²) in [7, 11) is 0. The third-order valence-corrected chi connectivity index (χ3v) is 4.99. The van der Waals surface area contributed by atoms with Gasteiger partial charge in [-0.2, -0.15) is 0 Å². The monoisotopic (exact) mass is 256 g/mol. The molecule has 0 nitrogen and oxygen atoms in total. The zero-order chi connectivity index (χ0) is 12.0. The lowest BCUT2D eigenvalue weighted by Crippen LogP contribution is -2.16. The standard InChI is InChI=1S/C14H15ClF2/c15-14(11-4-3-10(16)7-13(11)17)12-6-8-1-2-9(12)5-8/h3-4,7-9,12,14H,1-2,5-6H2. The Morgan fingerprint density at radius 2 is 2.00 bits per heavy atom. The highest BCUT2D eigenvalue weighted by atomic mass is 35.5. The van der Waals surface area contributed by atoms with E-state index in [4.69, 9.17) is 11.6 Å². The third kappa shape index (κ3) is 1.97. The molecule has 0 saturated heterocycles. The number of halogens is 3. The lowest BCUT2D eigenvalue weighted by atomic mass is 9.84. The maximum absolute atomic E-state index is 13.7. The molecule has 2 aliphatic carbocycles. The van der Waals surface area contributed by atoms with Crippen LogP contribution in [-0.2, 0) is 0 Å². The first-order valence-electron chi connectivity index (χ1n) is 6.24. The van der Waals surface area contributed by atoms with E-state index in [9.17, 15) is 8.78 Å². The first-order chi connectivity index (χ1) is 8.15. The van der Waals surface area contributed by atoms with E-state index in [-0.39, 0.29) is 5.38 Å². The van der Waals surface area contributed by atoms with Crippen molar-refractivity contribution >= 4 is 11.6 Å². The second kappa shape index (κ2) is 4.24. The van der Waals surface area contributed by atoms with Crippen LogP contribution >= 0.6 is 11.6 Å². The summed E-state index contributed by atoms with van der Waals surface area (Å²) in [5, 5.41) is -0.300. The normalized spacial score (nSPS) is 33.0. The van der Waals surface area contributed by atoms with E-state index in [0.717, 1.165) is 18.4 Å². The van der Waals surface area contributed by atoms with Crippen molar-refractivity contribution in [3.8, 4) is 0 Å². The van der Waals surface area contributed by atoms with Crippen LogP contribution in [0.1, 0.15) is 36.6 Å². The molecular weight excluding hydrogens is 242 g/mol. The highest BCUT2D eigenvalue weighted by Crippen LogP contribution is 2.54. The van der Waals surface area contributed by atoms with Gasteiger partial charge in [-0.3, -0.25) is 0 Å². The van der Waals surface area contributed by atoms with Crippen molar-refractivity contribution in [1.82, 2.24) is 0 Å². The molecule has 1 aromatic rings. The van der Waals surface area contributed by atoms with Gasteiger partial charge in [0.25, 0.3) is 0 Å². The van der Waals surface area contributed by atoms with E-state index in [1.54, 1.807) is 0 Å². The van der Waals surface area contributed by atoms with Crippen LogP contribution in [0.5, 0.6) is 0 Å². The molecule has 0 aromatic heterocycles. The van der Waals surface area contributed by atoms with Crippen molar-refractivity contribution in [1.29, 1.82) is 0 Å². The van der Waals surface area contributed by atoms with Crippen LogP contribution in [0.4, 0.5) is 8.78 Å². The molecule has 2 bridgehead atoms. The number of hydrogen-bond donors (Lipinski definition) is 0. The Hall–Kier alpha value is -0.630. The van der Waals surface area contributed by atoms with Crippen molar-refractivity contribution in [2.45, 2.75) is 31.1 Å². The predicted octanol–water partition coefficient (Wildman–Crippen LogP) is 4.68. The van der Waals surface area contributed by atoms with Crippen LogP contribution < -0.4 is 0 Å². The Bertz CT molecular complexity index is 432. The molecule has 2 aliphatic rings. The summed E-state index contributed by atoms with van der Waals surface area (Å²) in [4.78, 5) is 0. The minimum absolute atomic E-state index is 0.300. The summed E-state index contributed by atoms with van der Waals surface area (Å²) in [5.41, 5.74) is 0.464. The Morgan fingerprint density at radius 3 is 2.59 bits per heavy atom. The summed E-state index contributed by atoms with van der Waals surface area (Å²) in [6, 6.07) is 3.72. The topological polar surface area (TPSA) is 0 Å². The number of alkyl halides is 1. The molecule has 0 heterocycles. The van der Waals surface area contributed by atoms with Gasteiger partial charge >= 0.3 is 0 Å². The first kappa shape index (κ1) is 11.5. The van der Waals surface area contributed by atoms with Gasteiger partial charge < -0.3 is 0 Å². The maximum atomic E-state index is 13.7. The Morgan fingerprint density at radius 1 is 1.18 bits per heavy atom. The fraction of sp³-hybridized carbons (Fsp3) is 0.571. The SMILES string of the molecule is Fc1ccc(C(Cl)C2CC3CCC2C3)c(F)c1. The quantitative estimate of drug-likeness (QED) is 0.674. The predicted molar refractivity (Wildman–Crippen MR) is 63.9 cm³/mol. The fourth-order valence-corrected chi connectivity index (χ4v) is 4.09. The lowest BCUT2D eigenvalue weighted by Gasteiger charge is -2.26. The van der Waals surface area contributed by atoms with Gasteiger partial charge in [-0.15, -0.1) is 11.6 Å².